The predicted molar refractivity (Wildman–Crippen MR) is 80.6 cm³/mol. The highest BCUT2D eigenvalue weighted by molar-refractivity contribution is 7.09. The monoisotopic (exact) mass is 293 g/mol. The summed E-state index contributed by atoms with van der Waals surface area (Å²) in [6.45, 7) is 4.05. The number of piperidine rings is 1. The van der Waals surface area contributed by atoms with Crippen LogP contribution in [0.5, 0.6) is 0 Å². The third kappa shape index (κ3) is 3.04. The molecule has 4 nitrogen and oxygen atoms in total. The molecule has 3 heterocycles. The van der Waals surface area contributed by atoms with Gasteiger partial charge < -0.3 is 10.6 Å². The average Bonchev–Trinajstić information content (AvgIpc) is 2.98. The maximum atomic E-state index is 12.3. The summed E-state index contributed by atoms with van der Waals surface area (Å²) in [6, 6.07) is 1.30. The molecule has 1 aromatic heterocycles. The molecule has 0 spiro atoms. The summed E-state index contributed by atoms with van der Waals surface area (Å²) >= 11 is 1.59. The molecule has 2 N–H and O–H groups in total. The number of fused-ring (bicyclic) bond motifs is 2. The minimum atomic E-state index is -0.364. The van der Waals surface area contributed by atoms with Crippen molar-refractivity contribution in [2.45, 2.75) is 63.6 Å². The lowest BCUT2D eigenvalue weighted by Crippen LogP contribution is -2.44. The molecule has 0 aromatic carbocycles. The first-order chi connectivity index (χ1) is 9.53. The number of hydrogen-bond acceptors (Lipinski definition) is 4. The number of nitrogens with one attached hydrogen (secondary N) is 2. The zero-order valence-electron chi connectivity index (χ0n) is 12.2. The number of thiazole rings is 1. The van der Waals surface area contributed by atoms with Crippen molar-refractivity contribution in [1.29, 1.82) is 0 Å². The molecule has 2 aliphatic heterocycles. The van der Waals surface area contributed by atoms with Gasteiger partial charge in [0.25, 0.3) is 0 Å². The van der Waals surface area contributed by atoms with Crippen molar-refractivity contribution < 1.29 is 4.79 Å². The number of amides is 1. The number of aromatic nitrogens is 1. The molecule has 2 fully saturated rings. The third-order valence-electron chi connectivity index (χ3n) is 4.46. The van der Waals surface area contributed by atoms with Gasteiger partial charge in [0.15, 0.2) is 0 Å². The highest BCUT2D eigenvalue weighted by atomic mass is 32.1. The number of carbonyl (C=O) groups is 1. The quantitative estimate of drug-likeness (QED) is 0.896. The van der Waals surface area contributed by atoms with Gasteiger partial charge in [-0.2, -0.15) is 0 Å². The van der Waals surface area contributed by atoms with E-state index in [1.807, 2.05) is 19.2 Å². The second-order valence-electron chi connectivity index (χ2n) is 6.69. The molecule has 0 aliphatic carbocycles. The third-order valence-corrected chi connectivity index (χ3v) is 5.56. The van der Waals surface area contributed by atoms with Crippen LogP contribution < -0.4 is 10.6 Å². The van der Waals surface area contributed by atoms with Crippen molar-refractivity contribution in [2.24, 2.45) is 5.92 Å². The largest absolute Gasteiger partial charge is 0.345 e. The van der Waals surface area contributed by atoms with E-state index in [4.69, 9.17) is 0 Å². The van der Waals surface area contributed by atoms with Crippen LogP contribution in [-0.2, 0) is 10.3 Å². The first-order valence-electron chi connectivity index (χ1n) is 7.50. The molecule has 2 aliphatic rings. The van der Waals surface area contributed by atoms with Gasteiger partial charge in [0, 0.05) is 30.1 Å². The van der Waals surface area contributed by atoms with E-state index in [9.17, 15) is 4.79 Å². The van der Waals surface area contributed by atoms with Crippen LogP contribution in [0.25, 0.3) is 0 Å². The highest BCUT2D eigenvalue weighted by Crippen LogP contribution is 2.33. The van der Waals surface area contributed by atoms with E-state index in [0.717, 1.165) is 17.8 Å². The van der Waals surface area contributed by atoms with Gasteiger partial charge in [-0.15, -0.1) is 11.3 Å². The summed E-state index contributed by atoms with van der Waals surface area (Å²) in [5.74, 6) is 0.706. The van der Waals surface area contributed by atoms with Crippen LogP contribution in [0.3, 0.4) is 0 Å². The smallest absolute Gasteiger partial charge is 0.221 e. The minimum Gasteiger partial charge on any atom is -0.345 e. The number of nitrogens with zero attached hydrogens (tertiary/aromatic N) is 1. The Labute approximate surface area is 124 Å². The molecule has 2 bridgehead atoms. The Morgan fingerprint density at radius 2 is 2.15 bits per heavy atom. The van der Waals surface area contributed by atoms with Crippen LogP contribution in [-0.4, -0.2) is 23.0 Å². The summed E-state index contributed by atoms with van der Waals surface area (Å²) in [5.41, 5.74) is -0.364. The topological polar surface area (TPSA) is 54.0 Å². The summed E-state index contributed by atoms with van der Waals surface area (Å²) in [6.07, 6.45) is 7.33. The summed E-state index contributed by atoms with van der Waals surface area (Å²) in [5, 5.41) is 9.69. The van der Waals surface area contributed by atoms with E-state index < -0.39 is 0 Å². The molecular weight excluding hydrogens is 270 g/mol. The first-order valence-corrected chi connectivity index (χ1v) is 8.38. The van der Waals surface area contributed by atoms with Crippen molar-refractivity contribution in [1.82, 2.24) is 15.6 Å². The van der Waals surface area contributed by atoms with Gasteiger partial charge in [-0.3, -0.25) is 4.79 Å². The summed E-state index contributed by atoms with van der Waals surface area (Å²) in [7, 11) is 0. The number of rotatable bonds is 4. The fraction of sp³-hybridized carbons (Fsp3) is 0.733. The first kappa shape index (κ1) is 14.0. The Bertz CT molecular complexity index is 459. The Morgan fingerprint density at radius 1 is 1.45 bits per heavy atom. The highest BCUT2D eigenvalue weighted by Gasteiger charge is 2.35. The van der Waals surface area contributed by atoms with Gasteiger partial charge in [-0.1, -0.05) is 0 Å². The summed E-state index contributed by atoms with van der Waals surface area (Å²) < 4.78 is 0. The Morgan fingerprint density at radius 3 is 2.75 bits per heavy atom. The van der Waals surface area contributed by atoms with Gasteiger partial charge >= 0.3 is 0 Å². The molecule has 5 heteroatoms. The molecule has 20 heavy (non-hydrogen) atoms. The molecule has 110 valence electrons. The lowest BCUT2D eigenvalue weighted by molar-refractivity contribution is -0.124. The van der Waals surface area contributed by atoms with Crippen LogP contribution >= 0.6 is 11.3 Å². The maximum absolute atomic E-state index is 12.3. The van der Waals surface area contributed by atoms with Crippen molar-refractivity contribution in [3.8, 4) is 0 Å². The fourth-order valence-corrected chi connectivity index (χ4v) is 4.31. The molecule has 0 saturated carbocycles. The molecule has 1 aromatic rings. The molecule has 1 amide bonds. The zero-order valence-corrected chi connectivity index (χ0v) is 13.0. The molecule has 3 rings (SSSR count). The minimum absolute atomic E-state index is 0.163. The molecule has 2 saturated heterocycles. The van der Waals surface area contributed by atoms with Gasteiger partial charge in [0.2, 0.25) is 5.91 Å². The molecule has 0 radical (unpaired) electrons. The Hall–Kier alpha value is -0.940. The maximum Gasteiger partial charge on any atom is 0.221 e. The van der Waals surface area contributed by atoms with Crippen LogP contribution in [0.2, 0.25) is 0 Å². The number of carbonyl (C=O) groups excluding carboxylic acids is 1. The zero-order chi connectivity index (χ0) is 14.2. The van der Waals surface area contributed by atoms with E-state index in [-0.39, 0.29) is 11.4 Å². The number of hydrogen-bond donors (Lipinski definition) is 2. The van der Waals surface area contributed by atoms with E-state index >= 15 is 0 Å². The summed E-state index contributed by atoms with van der Waals surface area (Å²) in [4.78, 5) is 16.6. The fourth-order valence-electron chi connectivity index (χ4n) is 3.59. The van der Waals surface area contributed by atoms with E-state index in [1.54, 1.807) is 17.5 Å². The van der Waals surface area contributed by atoms with Crippen LogP contribution in [0.4, 0.5) is 0 Å². The van der Waals surface area contributed by atoms with Crippen molar-refractivity contribution in [2.75, 3.05) is 0 Å². The predicted octanol–water partition coefficient (Wildman–Crippen LogP) is 2.42. The lowest BCUT2D eigenvalue weighted by atomic mass is 9.89. The average molecular weight is 293 g/mol. The van der Waals surface area contributed by atoms with Crippen LogP contribution in [0, 0.1) is 5.92 Å². The van der Waals surface area contributed by atoms with Gasteiger partial charge in [0.05, 0.1) is 5.54 Å². The van der Waals surface area contributed by atoms with Gasteiger partial charge in [-0.05, 0) is 45.4 Å². The van der Waals surface area contributed by atoms with Crippen molar-refractivity contribution in [3.05, 3.63) is 16.6 Å². The Balaban J connectivity index is 1.55. The lowest BCUT2D eigenvalue weighted by Gasteiger charge is -2.30. The second-order valence-corrected chi connectivity index (χ2v) is 7.58. The molecular formula is C15H23N3OS. The van der Waals surface area contributed by atoms with E-state index in [0.29, 0.717) is 24.4 Å². The van der Waals surface area contributed by atoms with Crippen molar-refractivity contribution >= 4 is 17.2 Å². The standard InChI is InChI=1S/C15H23N3OS/c1-15(2,14-16-5-6-20-14)18-13(19)9-10-7-11-3-4-12(8-10)17-11/h5-6,10-12,17H,3-4,7-9H2,1-2H3,(H,18,19). The van der Waals surface area contributed by atoms with Crippen LogP contribution in [0.1, 0.15) is 51.0 Å². The Kier molecular flexibility index (Phi) is 3.82. The van der Waals surface area contributed by atoms with Gasteiger partial charge in [0.1, 0.15) is 5.01 Å². The van der Waals surface area contributed by atoms with E-state index in [1.165, 1.54) is 12.8 Å². The van der Waals surface area contributed by atoms with Crippen molar-refractivity contribution in [3.63, 3.8) is 0 Å². The molecule has 2 unspecified atom stereocenters. The normalized spacial score (nSPS) is 29.4. The van der Waals surface area contributed by atoms with E-state index in [2.05, 4.69) is 15.6 Å². The van der Waals surface area contributed by atoms with Crippen LogP contribution in [0.15, 0.2) is 11.6 Å². The SMILES string of the molecule is CC(C)(NC(=O)CC1CC2CCC(C1)N2)c1nccs1. The second kappa shape index (κ2) is 5.45. The van der Waals surface area contributed by atoms with Gasteiger partial charge in [-0.25, -0.2) is 4.98 Å². The molecule has 2 atom stereocenters.